The van der Waals surface area contributed by atoms with Crippen molar-refractivity contribution < 1.29 is 13.2 Å². The second-order valence-corrected chi connectivity index (χ2v) is 8.39. The molecule has 2 rings (SSSR count). The van der Waals surface area contributed by atoms with Crippen molar-refractivity contribution in [2.24, 2.45) is 0 Å². The van der Waals surface area contributed by atoms with Gasteiger partial charge in [0, 0.05) is 17.4 Å². The Morgan fingerprint density at radius 1 is 1.16 bits per heavy atom. The molecule has 0 saturated carbocycles. The summed E-state index contributed by atoms with van der Waals surface area (Å²) in [6.07, 6.45) is 0.0263. The lowest BCUT2D eigenvalue weighted by molar-refractivity contribution is -0.121. The van der Waals surface area contributed by atoms with Crippen LogP contribution in [0.5, 0.6) is 0 Å². The van der Waals surface area contributed by atoms with Gasteiger partial charge >= 0.3 is 0 Å². The van der Waals surface area contributed by atoms with Crippen LogP contribution in [0.2, 0.25) is 5.02 Å². The van der Waals surface area contributed by atoms with Crippen LogP contribution in [-0.2, 0) is 14.8 Å². The number of carbonyl (C=O) groups is 1. The summed E-state index contributed by atoms with van der Waals surface area (Å²) in [4.78, 5) is 12.0. The average Bonchev–Trinajstić information content (AvgIpc) is 2.55. The second-order valence-electron chi connectivity index (χ2n) is 5.39. The van der Waals surface area contributed by atoms with Crippen molar-refractivity contribution >= 4 is 43.5 Å². The predicted octanol–water partition coefficient (Wildman–Crippen LogP) is 3.65. The molecular weight excluding hydrogens is 428 g/mol. The number of rotatable bonds is 7. The Bertz CT molecular complexity index is 858. The molecule has 2 N–H and O–H groups in total. The maximum absolute atomic E-state index is 12.2. The molecule has 0 aliphatic heterocycles. The highest BCUT2D eigenvalue weighted by Gasteiger charge is 2.18. The first-order valence-electron chi connectivity index (χ1n) is 7.59. The summed E-state index contributed by atoms with van der Waals surface area (Å²) in [5, 5.41) is 2.99. The van der Waals surface area contributed by atoms with Gasteiger partial charge in [-0.05, 0) is 30.7 Å². The third-order valence-electron chi connectivity index (χ3n) is 3.52. The van der Waals surface area contributed by atoms with E-state index in [2.05, 4.69) is 26.0 Å². The molecule has 0 spiro atoms. The van der Waals surface area contributed by atoms with Crippen LogP contribution in [0.3, 0.4) is 0 Å². The molecule has 134 valence electrons. The normalized spacial score (nSPS) is 12.6. The average molecular weight is 446 g/mol. The minimum absolute atomic E-state index is 0.00124. The first kappa shape index (κ1) is 19.9. The van der Waals surface area contributed by atoms with Crippen LogP contribution < -0.4 is 10.0 Å². The monoisotopic (exact) mass is 444 g/mol. The third kappa shape index (κ3) is 5.54. The zero-order chi connectivity index (χ0) is 18.4. The van der Waals surface area contributed by atoms with Crippen LogP contribution in [0, 0.1) is 0 Å². The molecule has 0 bridgehead atoms. The minimum Gasteiger partial charge on any atom is -0.350 e. The van der Waals surface area contributed by atoms with Crippen molar-refractivity contribution in [2.75, 3.05) is 6.54 Å². The van der Waals surface area contributed by atoms with Crippen molar-refractivity contribution in [3.05, 3.63) is 63.6 Å². The number of nitrogens with one attached hydrogen (secondary N) is 2. The van der Waals surface area contributed by atoms with Gasteiger partial charge in [0.25, 0.3) is 0 Å². The number of carbonyl (C=O) groups excluding carboxylic acids is 1. The molecule has 0 heterocycles. The maximum Gasteiger partial charge on any atom is 0.242 e. The Morgan fingerprint density at radius 2 is 1.80 bits per heavy atom. The third-order valence-corrected chi connectivity index (χ3v) is 6.20. The van der Waals surface area contributed by atoms with E-state index in [0.29, 0.717) is 0 Å². The fraction of sp³-hybridized carbons (Fsp3) is 0.235. The van der Waals surface area contributed by atoms with E-state index in [4.69, 9.17) is 11.6 Å². The molecule has 0 aromatic heterocycles. The Morgan fingerprint density at radius 3 is 2.48 bits per heavy atom. The predicted molar refractivity (Wildman–Crippen MR) is 102 cm³/mol. The van der Waals surface area contributed by atoms with Crippen molar-refractivity contribution in [3.8, 4) is 0 Å². The van der Waals surface area contributed by atoms with Crippen LogP contribution >= 0.6 is 27.5 Å². The van der Waals surface area contributed by atoms with Crippen LogP contribution in [0.1, 0.15) is 24.9 Å². The maximum atomic E-state index is 12.2. The summed E-state index contributed by atoms with van der Waals surface area (Å²) in [7, 11) is -3.74. The summed E-state index contributed by atoms with van der Waals surface area (Å²) in [5.74, 6) is -0.245. The molecule has 1 atom stereocenters. The quantitative estimate of drug-likeness (QED) is 0.683. The Labute approximate surface area is 161 Å². The van der Waals surface area contributed by atoms with Gasteiger partial charge in [-0.1, -0.05) is 57.9 Å². The lowest BCUT2D eigenvalue weighted by Crippen LogP contribution is -2.32. The Balaban J connectivity index is 1.88. The number of hydrogen-bond donors (Lipinski definition) is 2. The van der Waals surface area contributed by atoms with Crippen LogP contribution in [0.15, 0.2) is 57.9 Å². The van der Waals surface area contributed by atoms with Gasteiger partial charge in [-0.2, -0.15) is 0 Å². The van der Waals surface area contributed by atoms with E-state index in [0.717, 1.165) is 10.0 Å². The molecule has 2 aromatic carbocycles. The lowest BCUT2D eigenvalue weighted by atomic mass is 10.1. The van der Waals surface area contributed by atoms with Crippen molar-refractivity contribution in [2.45, 2.75) is 24.3 Å². The molecule has 0 aliphatic carbocycles. The second kappa shape index (κ2) is 8.80. The van der Waals surface area contributed by atoms with Gasteiger partial charge in [0.1, 0.15) is 4.90 Å². The molecule has 1 unspecified atom stereocenters. The topological polar surface area (TPSA) is 75.3 Å². The van der Waals surface area contributed by atoms with Crippen LogP contribution in [-0.4, -0.2) is 20.9 Å². The fourth-order valence-electron chi connectivity index (χ4n) is 2.26. The zero-order valence-electron chi connectivity index (χ0n) is 13.5. The highest BCUT2D eigenvalue weighted by Crippen LogP contribution is 2.23. The first-order valence-corrected chi connectivity index (χ1v) is 10.2. The molecule has 25 heavy (non-hydrogen) atoms. The molecule has 0 saturated heterocycles. The SMILES string of the molecule is CC(NC(=O)CCNS(=O)(=O)c1ccccc1Cl)c1ccccc1Br. The standard InChI is InChI=1S/C17H18BrClN2O3S/c1-12(13-6-2-3-7-14(13)18)21-17(22)10-11-20-25(23,24)16-9-5-4-8-15(16)19/h2-9,12,20H,10-11H2,1H3,(H,21,22). The Kier molecular flexibility index (Phi) is 7.01. The molecule has 1 amide bonds. The minimum atomic E-state index is -3.74. The van der Waals surface area contributed by atoms with E-state index in [-0.39, 0.29) is 34.8 Å². The van der Waals surface area contributed by atoms with Gasteiger partial charge in [0.2, 0.25) is 15.9 Å². The highest BCUT2D eigenvalue weighted by molar-refractivity contribution is 9.10. The first-order chi connectivity index (χ1) is 11.8. The van der Waals surface area contributed by atoms with Gasteiger partial charge in [0.15, 0.2) is 0 Å². The fourth-order valence-corrected chi connectivity index (χ4v) is 4.43. The van der Waals surface area contributed by atoms with Gasteiger partial charge in [-0.3, -0.25) is 4.79 Å². The van der Waals surface area contributed by atoms with Gasteiger partial charge in [-0.25, -0.2) is 13.1 Å². The smallest absolute Gasteiger partial charge is 0.242 e. The molecule has 0 aliphatic rings. The number of amides is 1. The number of halogens is 2. The summed E-state index contributed by atoms with van der Waals surface area (Å²) in [6, 6.07) is 13.6. The summed E-state index contributed by atoms with van der Waals surface area (Å²) >= 11 is 9.34. The summed E-state index contributed by atoms with van der Waals surface area (Å²) in [5.41, 5.74) is 0.951. The van der Waals surface area contributed by atoms with Gasteiger partial charge in [-0.15, -0.1) is 0 Å². The van der Waals surface area contributed by atoms with E-state index >= 15 is 0 Å². The van der Waals surface area contributed by atoms with E-state index in [1.54, 1.807) is 12.1 Å². The number of benzene rings is 2. The molecule has 0 fully saturated rings. The van der Waals surface area contributed by atoms with Crippen LogP contribution in [0.4, 0.5) is 0 Å². The molecule has 0 radical (unpaired) electrons. The molecule has 2 aromatic rings. The summed E-state index contributed by atoms with van der Waals surface area (Å²) < 4.78 is 27.7. The number of hydrogen-bond acceptors (Lipinski definition) is 3. The van der Waals surface area contributed by atoms with E-state index < -0.39 is 10.0 Å². The zero-order valence-corrected chi connectivity index (χ0v) is 16.7. The highest BCUT2D eigenvalue weighted by atomic mass is 79.9. The van der Waals surface area contributed by atoms with Crippen LogP contribution in [0.25, 0.3) is 0 Å². The lowest BCUT2D eigenvalue weighted by Gasteiger charge is -2.16. The molecule has 8 heteroatoms. The van der Waals surface area contributed by atoms with E-state index in [9.17, 15) is 13.2 Å². The Hall–Kier alpha value is -1.41. The van der Waals surface area contributed by atoms with Gasteiger partial charge in [0.05, 0.1) is 11.1 Å². The molecule has 5 nitrogen and oxygen atoms in total. The van der Waals surface area contributed by atoms with Crippen molar-refractivity contribution in [3.63, 3.8) is 0 Å². The van der Waals surface area contributed by atoms with E-state index in [1.165, 1.54) is 12.1 Å². The largest absolute Gasteiger partial charge is 0.350 e. The molecular formula is C17H18BrClN2O3S. The van der Waals surface area contributed by atoms with Crippen molar-refractivity contribution in [1.82, 2.24) is 10.0 Å². The van der Waals surface area contributed by atoms with Crippen molar-refractivity contribution in [1.29, 1.82) is 0 Å². The van der Waals surface area contributed by atoms with E-state index in [1.807, 2.05) is 31.2 Å². The summed E-state index contributed by atoms with van der Waals surface area (Å²) in [6.45, 7) is 1.86. The van der Waals surface area contributed by atoms with Gasteiger partial charge < -0.3 is 5.32 Å². The number of sulfonamides is 1.